The van der Waals surface area contributed by atoms with E-state index in [1.807, 2.05) is 11.5 Å². The SMILES string of the molecule is CCC(=O)NCc1nc2c(n1CC)CN(C(=O)c1ccc(C(F)(F)F)s1)CC2. The van der Waals surface area contributed by atoms with E-state index < -0.39 is 17.0 Å². The second-order valence-corrected chi connectivity index (χ2v) is 7.52. The Kier molecular flexibility index (Phi) is 5.78. The van der Waals surface area contributed by atoms with E-state index in [9.17, 15) is 22.8 Å². The summed E-state index contributed by atoms with van der Waals surface area (Å²) in [5.74, 6) is 0.244. The molecule has 0 fully saturated rings. The normalized spacial score (nSPS) is 14.1. The standard InChI is InChI=1S/C18H21F3N4O2S/c1-3-16(26)22-9-15-23-11-7-8-24(10-12(11)25(15)4-2)17(27)13-5-6-14(28-13)18(19,20)21/h5-6H,3-4,7-10H2,1-2H3,(H,22,26). The van der Waals surface area contributed by atoms with Gasteiger partial charge >= 0.3 is 6.18 Å². The lowest BCUT2D eigenvalue weighted by molar-refractivity contribution is -0.134. The molecule has 28 heavy (non-hydrogen) atoms. The molecule has 0 aliphatic carbocycles. The van der Waals surface area contributed by atoms with Crippen molar-refractivity contribution in [2.24, 2.45) is 0 Å². The van der Waals surface area contributed by atoms with Crippen LogP contribution in [0.1, 0.15) is 52.0 Å². The first-order valence-corrected chi connectivity index (χ1v) is 9.86. The van der Waals surface area contributed by atoms with Gasteiger partial charge in [-0.3, -0.25) is 9.59 Å². The number of nitrogens with one attached hydrogen (secondary N) is 1. The largest absolute Gasteiger partial charge is 0.425 e. The van der Waals surface area contributed by atoms with Crippen molar-refractivity contribution in [2.45, 2.75) is 52.5 Å². The molecule has 2 amide bonds. The van der Waals surface area contributed by atoms with Crippen molar-refractivity contribution < 1.29 is 22.8 Å². The lowest BCUT2D eigenvalue weighted by Gasteiger charge is -2.27. The van der Waals surface area contributed by atoms with Gasteiger partial charge in [0.05, 0.1) is 29.4 Å². The summed E-state index contributed by atoms with van der Waals surface area (Å²) in [7, 11) is 0. The Bertz CT molecular complexity index is 888. The van der Waals surface area contributed by atoms with E-state index in [1.54, 1.807) is 11.8 Å². The zero-order valence-electron chi connectivity index (χ0n) is 15.6. The fraction of sp³-hybridized carbons (Fsp3) is 0.500. The number of fused-ring (bicyclic) bond motifs is 1. The van der Waals surface area contributed by atoms with Crippen LogP contribution in [0.3, 0.4) is 0 Å². The number of carbonyl (C=O) groups excluding carboxylic acids is 2. The lowest BCUT2D eigenvalue weighted by Crippen LogP contribution is -2.36. The van der Waals surface area contributed by atoms with Crippen LogP contribution in [0.5, 0.6) is 0 Å². The van der Waals surface area contributed by atoms with Crippen LogP contribution >= 0.6 is 11.3 Å². The number of nitrogens with zero attached hydrogens (tertiary/aromatic N) is 3. The van der Waals surface area contributed by atoms with Crippen LogP contribution in [0.2, 0.25) is 0 Å². The summed E-state index contributed by atoms with van der Waals surface area (Å²) in [4.78, 5) is 29.7. The molecular weight excluding hydrogens is 393 g/mol. The minimum Gasteiger partial charge on any atom is -0.349 e. The van der Waals surface area contributed by atoms with Gasteiger partial charge in [0.25, 0.3) is 5.91 Å². The van der Waals surface area contributed by atoms with Crippen LogP contribution in [0.15, 0.2) is 12.1 Å². The molecule has 0 bridgehead atoms. The topological polar surface area (TPSA) is 67.2 Å². The predicted molar refractivity (Wildman–Crippen MR) is 97.8 cm³/mol. The number of thiophene rings is 1. The summed E-state index contributed by atoms with van der Waals surface area (Å²) < 4.78 is 40.4. The molecule has 0 saturated carbocycles. The Hall–Kier alpha value is -2.36. The van der Waals surface area contributed by atoms with Crippen LogP contribution in [0.4, 0.5) is 13.2 Å². The van der Waals surface area contributed by atoms with Crippen molar-refractivity contribution in [3.05, 3.63) is 39.1 Å². The molecule has 1 aliphatic rings. The summed E-state index contributed by atoms with van der Waals surface area (Å²) >= 11 is 0.466. The number of hydrogen-bond donors (Lipinski definition) is 1. The number of halogens is 3. The van der Waals surface area contributed by atoms with Gasteiger partial charge in [-0.05, 0) is 19.1 Å². The van der Waals surface area contributed by atoms with Gasteiger partial charge in [0.1, 0.15) is 10.7 Å². The van der Waals surface area contributed by atoms with Crippen molar-refractivity contribution >= 4 is 23.2 Å². The summed E-state index contributed by atoms with van der Waals surface area (Å²) in [5, 5.41) is 2.80. The molecule has 1 aliphatic heterocycles. The second kappa shape index (κ2) is 7.94. The van der Waals surface area contributed by atoms with E-state index in [2.05, 4.69) is 10.3 Å². The van der Waals surface area contributed by atoms with E-state index in [4.69, 9.17) is 0 Å². The number of amides is 2. The van der Waals surface area contributed by atoms with Crippen molar-refractivity contribution in [1.29, 1.82) is 0 Å². The Morgan fingerprint density at radius 3 is 2.64 bits per heavy atom. The van der Waals surface area contributed by atoms with Gasteiger partial charge < -0.3 is 14.8 Å². The molecule has 3 heterocycles. The molecular formula is C18H21F3N4O2S. The molecule has 0 atom stereocenters. The second-order valence-electron chi connectivity index (χ2n) is 6.43. The monoisotopic (exact) mass is 414 g/mol. The van der Waals surface area contributed by atoms with Crippen LogP contribution in [-0.4, -0.2) is 32.8 Å². The summed E-state index contributed by atoms with van der Waals surface area (Å²) in [5.41, 5.74) is 1.74. The Morgan fingerprint density at radius 1 is 1.29 bits per heavy atom. The first-order chi connectivity index (χ1) is 13.2. The van der Waals surface area contributed by atoms with Gasteiger partial charge in [-0.15, -0.1) is 11.3 Å². The first kappa shape index (κ1) is 20.4. The van der Waals surface area contributed by atoms with Crippen LogP contribution in [0, 0.1) is 0 Å². The zero-order chi connectivity index (χ0) is 20.5. The molecule has 6 nitrogen and oxygen atoms in total. The number of imidazole rings is 1. The molecule has 0 radical (unpaired) electrons. The third kappa shape index (κ3) is 4.06. The highest BCUT2D eigenvalue weighted by molar-refractivity contribution is 7.14. The number of aromatic nitrogens is 2. The molecule has 0 saturated heterocycles. The molecule has 3 rings (SSSR count). The summed E-state index contributed by atoms with van der Waals surface area (Å²) in [6.45, 7) is 5.33. The van der Waals surface area contributed by atoms with Gasteiger partial charge in [0.15, 0.2) is 0 Å². The summed E-state index contributed by atoms with van der Waals surface area (Å²) in [6, 6.07) is 2.17. The van der Waals surface area contributed by atoms with E-state index in [0.717, 1.165) is 23.3 Å². The number of alkyl halides is 3. The number of hydrogen-bond acceptors (Lipinski definition) is 4. The highest BCUT2D eigenvalue weighted by Crippen LogP contribution is 2.35. The molecule has 2 aromatic rings. The lowest BCUT2D eigenvalue weighted by atomic mass is 10.1. The fourth-order valence-electron chi connectivity index (χ4n) is 3.22. The van der Waals surface area contributed by atoms with Crippen molar-refractivity contribution in [3.8, 4) is 0 Å². The summed E-state index contributed by atoms with van der Waals surface area (Å²) in [6.07, 6.45) is -3.53. The van der Waals surface area contributed by atoms with Gasteiger partial charge in [0.2, 0.25) is 5.91 Å². The fourth-order valence-corrected chi connectivity index (χ4v) is 4.06. The average Bonchev–Trinajstić information content (AvgIpc) is 3.29. The van der Waals surface area contributed by atoms with Gasteiger partial charge in [-0.2, -0.15) is 13.2 Å². The maximum atomic E-state index is 12.8. The smallest absolute Gasteiger partial charge is 0.349 e. The molecule has 0 spiro atoms. The highest BCUT2D eigenvalue weighted by atomic mass is 32.1. The minimum absolute atomic E-state index is 0.0707. The third-order valence-corrected chi connectivity index (χ3v) is 5.78. The molecule has 10 heteroatoms. The average molecular weight is 414 g/mol. The third-order valence-electron chi connectivity index (χ3n) is 4.66. The molecule has 2 aromatic heterocycles. The zero-order valence-corrected chi connectivity index (χ0v) is 16.4. The highest BCUT2D eigenvalue weighted by Gasteiger charge is 2.34. The van der Waals surface area contributed by atoms with E-state index in [-0.39, 0.29) is 17.3 Å². The van der Waals surface area contributed by atoms with E-state index in [1.165, 1.54) is 6.07 Å². The van der Waals surface area contributed by atoms with Crippen LogP contribution < -0.4 is 5.32 Å². The maximum absolute atomic E-state index is 12.8. The van der Waals surface area contributed by atoms with Crippen LogP contribution in [0.25, 0.3) is 0 Å². The Morgan fingerprint density at radius 2 is 2.04 bits per heavy atom. The molecule has 152 valence electrons. The van der Waals surface area contributed by atoms with Crippen molar-refractivity contribution in [1.82, 2.24) is 19.8 Å². The van der Waals surface area contributed by atoms with Gasteiger partial charge in [0, 0.05) is 25.9 Å². The predicted octanol–water partition coefficient (Wildman–Crippen LogP) is 3.21. The molecule has 0 unspecified atom stereocenters. The van der Waals surface area contributed by atoms with Gasteiger partial charge in [-0.1, -0.05) is 6.92 Å². The van der Waals surface area contributed by atoms with E-state index in [0.29, 0.717) is 43.8 Å². The molecule has 0 aromatic carbocycles. The van der Waals surface area contributed by atoms with E-state index >= 15 is 0 Å². The Labute approximate surface area is 164 Å². The first-order valence-electron chi connectivity index (χ1n) is 9.04. The minimum atomic E-state index is -4.45. The van der Waals surface area contributed by atoms with Crippen molar-refractivity contribution in [3.63, 3.8) is 0 Å². The maximum Gasteiger partial charge on any atom is 0.425 e. The van der Waals surface area contributed by atoms with Crippen LogP contribution in [-0.2, 0) is 37.0 Å². The number of rotatable bonds is 5. The quantitative estimate of drug-likeness (QED) is 0.817. The van der Waals surface area contributed by atoms with Crippen molar-refractivity contribution in [2.75, 3.05) is 6.54 Å². The number of carbonyl (C=O) groups is 2. The van der Waals surface area contributed by atoms with Gasteiger partial charge in [-0.25, -0.2) is 4.98 Å². The molecule has 1 N–H and O–H groups in total. The Balaban J connectivity index is 1.78.